The van der Waals surface area contributed by atoms with Gasteiger partial charge >= 0.3 is 0 Å². The van der Waals surface area contributed by atoms with Crippen LogP contribution in [0.2, 0.25) is 0 Å². The monoisotopic (exact) mass is 725 g/mol. The highest BCUT2D eigenvalue weighted by atomic mass is 15.1. The third kappa shape index (κ3) is 6.46. The van der Waals surface area contributed by atoms with E-state index in [1.54, 1.807) is 0 Å². The lowest BCUT2D eigenvalue weighted by Gasteiger charge is -2.28. The molecule has 0 aliphatic rings. The molecule has 0 aliphatic carbocycles. The number of hydrogen-bond donors (Lipinski definition) is 0. The molecule has 10 rings (SSSR count). The Bertz CT molecular complexity index is 2960. The molecule has 0 heterocycles. The zero-order chi connectivity index (χ0) is 38.0. The average Bonchev–Trinajstić information content (AvgIpc) is 3.30. The van der Waals surface area contributed by atoms with Gasteiger partial charge in [-0.15, -0.1) is 0 Å². The molecule has 0 saturated heterocycles. The van der Waals surface area contributed by atoms with E-state index >= 15 is 0 Å². The van der Waals surface area contributed by atoms with Gasteiger partial charge < -0.3 is 4.90 Å². The molecule has 0 saturated carbocycles. The van der Waals surface area contributed by atoms with Crippen LogP contribution in [0.1, 0.15) is 0 Å². The molecular weight excluding hydrogens is 687 g/mol. The first-order valence-electron chi connectivity index (χ1n) is 19.6. The largest absolute Gasteiger partial charge is 0.310 e. The van der Waals surface area contributed by atoms with E-state index in [2.05, 4.69) is 241 Å². The Morgan fingerprint density at radius 3 is 1.23 bits per heavy atom. The van der Waals surface area contributed by atoms with Gasteiger partial charge in [0, 0.05) is 16.9 Å². The smallest absolute Gasteiger partial charge is 0.0540 e. The first-order chi connectivity index (χ1) is 28.3. The molecule has 0 unspecified atom stereocenters. The lowest BCUT2D eigenvalue weighted by atomic mass is 9.84. The van der Waals surface area contributed by atoms with Crippen LogP contribution in [-0.4, -0.2) is 0 Å². The topological polar surface area (TPSA) is 3.24 Å². The van der Waals surface area contributed by atoms with Crippen molar-refractivity contribution in [1.82, 2.24) is 0 Å². The molecule has 57 heavy (non-hydrogen) atoms. The second kappa shape index (κ2) is 15.0. The number of rotatable bonds is 8. The van der Waals surface area contributed by atoms with Crippen molar-refractivity contribution < 1.29 is 0 Å². The van der Waals surface area contributed by atoms with Crippen molar-refractivity contribution in [3.05, 3.63) is 237 Å². The van der Waals surface area contributed by atoms with Gasteiger partial charge in [0.25, 0.3) is 0 Å². The number of benzene rings is 10. The summed E-state index contributed by atoms with van der Waals surface area (Å²) in [6, 6.07) is 85.5. The van der Waals surface area contributed by atoms with E-state index in [0.29, 0.717) is 0 Å². The summed E-state index contributed by atoms with van der Waals surface area (Å²) >= 11 is 0. The van der Waals surface area contributed by atoms with Crippen LogP contribution in [0, 0.1) is 0 Å². The molecule has 0 bridgehead atoms. The van der Waals surface area contributed by atoms with Gasteiger partial charge in [0.05, 0.1) is 5.69 Å². The first kappa shape index (κ1) is 34.0. The molecule has 10 aromatic rings. The van der Waals surface area contributed by atoms with Crippen LogP contribution in [0.25, 0.3) is 77.2 Å². The van der Waals surface area contributed by atoms with E-state index in [-0.39, 0.29) is 0 Å². The van der Waals surface area contributed by atoms with Crippen LogP contribution in [0.5, 0.6) is 0 Å². The minimum absolute atomic E-state index is 1.10. The number of nitrogens with zero attached hydrogens (tertiary/aromatic N) is 1. The third-order valence-electron chi connectivity index (χ3n) is 11.1. The van der Waals surface area contributed by atoms with Crippen molar-refractivity contribution >= 4 is 38.6 Å². The van der Waals surface area contributed by atoms with Crippen LogP contribution in [0.15, 0.2) is 237 Å². The summed E-state index contributed by atoms with van der Waals surface area (Å²) in [5.41, 5.74) is 15.4. The van der Waals surface area contributed by atoms with Crippen molar-refractivity contribution in [1.29, 1.82) is 0 Å². The molecular formula is C56H39N. The van der Waals surface area contributed by atoms with Crippen molar-refractivity contribution in [3.63, 3.8) is 0 Å². The molecule has 268 valence electrons. The van der Waals surface area contributed by atoms with Crippen molar-refractivity contribution in [2.24, 2.45) is 0 Å². The molecule has 10 aromatic carbocycles. The Labute approximate surface area is 334 Å². The van der Waals surface area contributed by atoms with Crippen LogP contribution in [0.4, 0.5) is 17.1 Å². The summed E-state index contributed by atoms with van der Waals surface area (Å²) in [4.78, 5) is 2.38. The fourth-order valence-electron chi connectivity index (χ4n) is 8.38. The number of hydrogen-bond acceptors (Lipinski definition) is 1. The maximum absolute atomic E-state index is 2.39. The molecule has 0 fully saturated rings. The summed E-state index contributed by atoms with van der Waals surface area (Å²) in [7, 11) is 0. The molecule has 0 radical (unpaired) electrons. The molecule has 1 nitrogen and oxygen atoms in total. The van der Waals surface area contributed by atoms with Gasteiger partial charge in [-0.2, -0.15) is 0 Å². The van der Waals surface area contributed by atoms with E-state index in [9.17, 15) is 0 Å². The Morgan fingerprint density at radius 2 is 0.632 bits per heavy atom. The van der Waals surface area contributed by atoms with E-state index in [0.717, 1.165) is 17.1 Å². The normalized spacial score (nSPS) is 11.2. The maximum atomic E-state index is 2.39. The Kier molecular flexibility index (Phi) is 8.95. The number of anilines is 3. The van der Waals surface area contributed by atoms with E-state index in [1.807, 2.05) is 0 Å². The van der Waals surface area contributed by atoms with Crippen LogP contribution < -0.4 is 4.90 Å². The molecule has 0 atom stereocenters. The standard InChI is InChI=1S/C56H39N/c1-6-18-40(19-7-1)46-33-37-54(52(38-46)42-20-8-2-9-21-42)57(47-26-14-5-15-27-47)48-34-30-41(31-35-48)45-32-36-51-53(39-45)49-28-16-17-29-50(49)55(43-22-10-3-11-23-43)56(51)44-24-12-4-13-25-44/h1-39H. The minimum atomic E-state index is 1.10. The predicted molar refractivity (Wildman–Crippen MR) is 243 cm³/mol. The zero-order valence-electron chi connectivity index (χ0n) is 31.5. The second-order valence-corrected chi connectivity index (χ2v) is 14.5. The second-order valence-electron chi connectivity index (χ2n) is 14.5. The van der Waals surface area contributed by atoms with E-state index in [4.69, 9.17) is 0 Å². The fourth-order valence-corrected chi connectivity index (χ4v) is 8.38. The molecule has 1 heteroatoms. The predicted octanol–water partition coefficient (Wildman–Crippen LogP) is 15.8. The van der Waals surface area contributed by atoms with E-state index in [1.165, 1.54) is 77.2 Å². The summed E-state index contributed by atoms with van der Waals surface area (Å²) in [6.07, 6.45) is 0. The van der Waals surface area contributed by atoms with Crippen LogP contribution in [0.3, 0.4) is 0 Å². The maximum Gasteiger partial charge on any atom is 0.0540 e. The van der Waals surface area contributed by atoms with Crippen molar-refractivity contribution in [2.75, 3.05) is 4.90 Å². The highest BCUT2D eigenvalue weighted by Crippen LogP contribution is 2.46. The van der Waals surface area contributed by atoms with Gasteiger partial charge in [-0.05, 0) is 114 Å². The van der Waals surface area contributed by atoms with Crippen LogP contribution >= 0.6 is 0 Å². The SMILES string of the molecule is c1ccc(-c2ccc(N(c3ccccc3)c3ccc(-c4ccc5c(-c6ccccc6)c(-c6ccccc6)c6ccccc6c5c4)cc3)c(-c3ccccc3)c2)cc1. The van der Waals surface area contributed by atoms with Gasteiger partial charge in [-0.1, -0.05) is 194 Å². The Balaban J connectivity index is 1.12. The first-order valence-corrected chi connectivity index (χ1v) is 19.6. The van der Waals surface area contributed by atoms with Gasteiger partial charge in [0.1, 0.15) is 0 Å². The van der Waals surface area contributed by atoms with E-state index < -0.39 is 0 Å². The molecule has 0 amide bonds. The van der Waals surface area contributed by atoms with Gasteiger partial charge in [-0.25, -0.2) is 0 Å². The quantitative estimate of drug-likeness (QED) is 0.141. The number of para-hydroxylation sites is 1. The summed E-state index contributed by atoms with van der Waals surface area (Å²) in [6.45, 7) is 0. The molecule has 0 N–H and O–H groups in total. The lowest BCUT2D eigenvalue weighted by Crippen LogP contribution is -2.11. The summed E-state index contributed by atoms with van der Waals surface area (Å²) in [5.74, 6) is 0. The highest BCUT2D eigenvalue weighted by molar-refractivity contribution is 6.22. The van der Waals surface area contributed by atoms with Crippen molar-refractivity contribution in [3.8, 4) is 55.6 Å². The molecule has 0 aliphatic heterocycles. The number of fused-ring (bicyclic) bond motifs is 3. The lowest BCUT2D eigenvalue weighted by molar-refractivity contribution is 1.28. The van der Waals surface area contributed by atoms with Gasteiger partial charge in [-0.3, -0.25) is 0 Å². The van der Waals surface area contributed by atoms with Crippen molar-refractivity contribution in [2.45, 2.75) is 0 Å². The minimum Gasteiger partial charge on any atom is -0.310 e. The zero-order valence-corrected chi connectivity index (χ0v) is 31.5. The third-order valence-corrected chi connectivity index (χ3v) is 11.1. The molecule has 0 spiro atoms. The molecule has 0 aromatic heterocycles. The fraction of sp³-hybridized carbons (Fsp3) is 0. The van der Waals surface area contributed by atoms with Gasteiger partial charge in [0.2, 0.25) is 0 Å². The van der Waals surface area contributed by atoms with Crippen LogP contribution in [-0.2, 0) is 0 Å². The summed E-state index contributed by atoms with van der Waals surface area (Å²) < 4.78 is 0. The summed E-state index contributed by atoms with van der Waals surface area (Å²) in [5, 5.41) is 5.02. The Morgan fingerprint density at radius 1 is 0.228 bits per heavy atom. The van der Waals surface area contributed by atoms with Gasteiger partial charge in [0.15, 0.2) is 0 Å². The highest BCUT2D eigenvalue weighted by Gasteiger charge is 2.20. The average molecular weight is 726 g/mol. The Hall–Kier alpha value is -7.48.